The number of hydrogen-bond donors (Lipinski definition) is 1. The fourth-order valence-corrected chi connectivity index (χ4v) is 1.76. The number of rotatable bonds is 0. The fourth-order valence-electron chi connectivity index (χ4n) is 1.76. The van der Waals surface area contributed by atoms with Crippen LogP contribution in [0.4, 0.5) is 0 Å². The van der Waals surface area contributed by atoms with Gasteiger partial charge in [-0.05, 0) is 25.5 Å². The zero-order valence-electron chi connectivity index (χ0n) is 6.48. The van der Waals surface area contributed by atoms with Gasteiger partial charge in [-0.3, -0.25) is 0 Å². The highest BCUT2D eigenvalue weighted by molar-refractivity contribution is 5.22. The predicted octanol–water partition coefficient (Wildman–Crippen LogP) is 0.569. The van der Waals surface area contributed by atoms with Gasteiger partial charge >= 0.3 is 0 Å². The van der Waals surface area contributed by atoms with Crippen molar-refractivity contribution in [1.82, 2.24) is 10.2 Å². The van der Waals surface area contributed by atoms with Crippen molar-refractivity contribution in [2.75, 3.05) is 26.7 Å². The summed E-state index contributed by atoms with van der Waals surface area (Å²) in [5.41, 5.74) is 3.19. The van der Waals surface area contributed by atoms with E-state index in [1.165, 1.54) is 31.6 Å². The summed E-state index contributed by atoms with van der Waals surface area (Å²) in [6.07, 6.45) is 2.59. The second kappa shape index (κ2) is 2.27. The van der Waals surface area contributed by atoms with E-state index in [9.17, 15) is 0 Å². The Morgan fingerprint density at radius 1 is 1.40 bits per heavy atom. The molecule has 56 valence electrons. The SMILES string of the molecule is CN1CCC2=C(C1)NCC2. The van der Waals surface area contributed by atoms with Crippen molar-refractivity contribution in [2.45, 2.75) is 12.8 Å². The van der Waals surface area contributed by atoms with E-state index in [1.54, 1.807) is 5.57 Å². The number of nitrogens with zero attached hydrogens (tertiary/aromatic N) is 1. The van der Waals surface area contributed by atoms with Crippen LogP contribution < -0.4 is 5.32 Å². The van der Waals surface area contributed by atoms with Gasteiger partial charge in [0.25, 0.3) is 0 Å². The van der Waals surface area contributed by atoms with E-state index in [-0.39, 0.29) is 0 Å². The van der Waals surface area contributed by atoms with Crippen LogP contribution >= 0.6 is 0 Å². The molecular formula is C8H14N2. The van der Waals surface area contributed by atoms with Gasteiger partial charge in [0, 0.05) is 25.3 Å². The van der Waals surface area contributed by atoms with Gasteiger partial charge in [0.2, 0.25) is 0 Å². The smallest absolute Gasteiger partial charge is 0.0378 e. The second-order valence-corrected chi connectivity index (χ2v) is 3.25. The molecule has 0 aliphatic carbocycles. The molecule has 0 aromatic rings. The highest BCUT2D eigenvalue weighted by Gasteiger charge is 2.19. The van der Waals surface area contributed by atoms with Gasteiger partial charge in [-0.1, -0.05) is 0 Å². The Labute approximate surface area is 61.9 Å². The molecule has 2 heteroatoms. The lowest BCUT2D eigenvalue weighted by Crippen LogP contribution is -2.30. The third-order valence-electron chi connectivity index (χ3n) is 2.42. The van der Waals surface area contributed by atoms with Gasteiger partial charge in [-0.15, -0.1) is 0 Å². The Hall–Kier alpha value is -0.500. The van der Waals surface area contributed by atoms with Crippen molar-refractivity contribution < 1.29 is 0 Å². The lowest BCUT2D eigenvalue weighted by molar-refractivity contribution is 0.344. The Balaban J connectivity index is 2.13. The fraction of sp³-hybridized carbons (Fsp3) is 0.750. The van der Waals surface area contributed by atoms with E-state index in [0.717, 1.165) is 6.54 Å². The molecule has 1 N–H and O–H groups in total. The molecule has 0 amide bonds. The van der Waals surface area contributed by atoms with Crippen molar-refractivity contribution in [2.24, 2.45) is 0 Å². The normalized spacial score (nSPS) is 26.5. The first-order chi connectivity index (χ1) is 4.86. The van der Waals surface area contributed by atoms with Crippen LogP contribution in [0, 0.1) is 0 Å². The maximum absolute atomic E-state index is 3.43. The van der Waals surface area contributed by atoms with E-state index < -0.39 is 0 Å². The molecule has 0 spiro atoms. The van der Waals surface area contributed by atoms with Crippen molar-refractivity contribution in [3.63, 3.8) is 0 Å². The van der Waals surface area contributed by atoms with Crippen molar-refractivity contribution in [1.29, 1.82) is 0 Å². The van der Waals surface area contributed by atoms with Crippen molar-refractivity contribution >= 4 is 0 Å². The van der Waals surface area contributed by atoms with E-state index >= 15 is 0 Å². The Kier molecular flexibility index (Phi) is 1.42. The lowest BCUT2D eigenvalue weighted by atomic mass is 10.1. The summed E-state index contributed by atoms with van der Waals surface area (Å²) in [7, 11) is 2.18. The van der Waals surface area contributed by atoms with Crippen LogP contribution in [-0.4, -0.2) is 31.6 Å². The largest absolute Gasteiger partial charge is 0.387 e. The summed E-state index contributed by atoms with van der Waals surface area (Å²) in [6.45, 7) is 3.58. The van der Waals surface area contributed by atoms with Gasteiger partial charge in [0.1, 0.15) is 0 Å². The summed E-state index contributed by atoms with van der Waals surface area (Å²) < 4.78 is 0. The minimum Gasteiger partial charge on any atom is -0.387 e. The van der Waals surface area contributed by atoms with E-state index in [4.69, 9.17) is 0 Å². The molecule has 2 rings (SSSR count). The Bertz CT molecular complexity index is 172. The maximum Gasteiger partial charge on any atom is 0.0378 e. The minimum absolute atomic E-state index is 1.15. The second-order valence-electron chi connectivity index (χ2n) is 3.25. The van der Waals surface area contributed by atoms with E-state index in [2.05, 4.69) is 17.3 Å². The highest BCUT2D eigenvalue weighted by atomic mass is 15.1. The Morgan fingerprint density at radius 3 is 3.20 bits per heavy atom. The van der Waals surface area contributed by atoms with Crippen LogP contribution in [0.2, 0.25) is 0 Å². The standard InChI is InChI=1S/C8H14N2/c1-10-5-3-7-2-4-9-8(7)6-10/h9H,2-6H2,1H3. The maximum atomic E-state index is 3.43. The van der Waals surface area contributed by atoms with Crippen LogP contribution in [-0.2, 0) is 0 Å². The molecule has 2 nitrogen and oxygen atoms in total. The van der Waals surface area contributed by atoms with Crippen LogP contribution in [0.5, 0.6) is 0 Å². The van der Waals surface area contributed by atoms with Crippen LogP contribution in [0.25, 0.3) is 0 Å². The number of nitrogens with one attached hydrogen (secondary N) is 1. The third-order valence-corrected chi connectivity index (χ3v) is 2.42. The first-order valence-corrected chi connectivity index (χ1v) is 3.99. The quantitative estimate of drug-likeness (QED) is 0.526. The highest BCUT2D eigenvalue weighted by Crippen LogP contribution is 2.21. The molecular weight excluding hydrogens is 124 g/mol. The molecule has 2 aliphatic heterocycles. The zero-order chi connectivity index (χ0) is 6.97. The Morgan fingerprint density at radius 2 is 2.30 bits per heavy atom. The molecule has 2 heterocycles. The van der Waals surface area contributed by atoms with Crippen molar-refractivity contribution in [3.8, 4) is 0 Å². The molecule has 0 aromatic carbocycles. The molecule has 0 unspecified atom stereocenters. The molecule has 0 saturated heterocycles. The predicted molar refractivity (Wildman–Crippen MR) is 41.8 cm³/mol. The van der Waals surface area contributed by atoms with Crippen LogP contribution in [0.15, 0.2) is 11.3 Å². The summed E-state index contributed by atoms with van der Waals surface area (Å²) in [4.78, 5) is 2.37. The van der Waals surface area contributed by atoms with Gasteiger partial charge < -0.3 is 10.2 Å². The summed E-state index contributed by atoms with van der Waals surface area (Å²) >= 11 is 0. The monoisotopic (exact) mass is 138 g/mol. The zero-order valence-corrected chi connectivity index (χ0v) is 6.48. The molecule has 2 aliphatic rings. The van der Waals surface area contributed by atoms with E-state index in [0.29, 0.717) is 0 Å². The third kappa shape index (κ3) is 0.926. The topological polar surface area (TPSA) is 15.3 Å². The molecule has 0 bridgehead atoms. The summed E-state index contributed by atoms with van der Waals surface area (Å²) in [5.74, 6) is 0. The molecule has 10 heavy (non-hydrogen) atoms. The van der Waals surface area contributed by atoms with E-state index in [1.807, 2.05) is 0 Å². The average Bonchev–Trinajstić information content (AvgIpc) is 2.33. The first kappa shape index (κ1) is 6.23. The van der Waals surface area contributed by atoms with Gasteiger partial charge in [0.15, 0.2) is 0 Å². The molecule has 0 fully saturated rings. The van der Waals surface area contributed by atoms with Crippen LogP contribution in [0.3, 0.4) is 0 Å². The number of likely N-dealkylation sites (N-methyl/N-ethyl adjacent to an activating group) is 1. The molecule has 0 aromatic heterocycles. The van der Waals surface area contributed by atoms with Gasteiger partial charge in [-0.25, -0.2) is 0 Å². The first-order valence-electron chi connectivity index (χ1n) is 3.99. The van der Waals surface area contributed by atoms with Crippen molar-refractivity contribution in [3.05, 3.63) is 11.3 Å². The molecule has 0 saturated carbocycles. The number of hydrogen-bond acceptors (Lipinski definition) is 2. The molecule has 0 atom stereocenters. The molecule has 0 radical (unpaired) electrons. The summed E-state index contributed by atoms with van der Waals surface area (Å²) in [5, 5.41) is 3.43. The minimum atomic E-state index is 1.15. The summed E-state index contributed by atoms with van der Waals surface area (Å²) in [6, 6.07) is 0. The average molecular weight is 138 g/mol. The van der Waals surface area contributed by atoms with Gasteiger partial charge in [-0.2, -0.15) is 0 Å². The lowest BCUT2D eigenvalue weighted by Gasteiger charge is -2.23. The van der Waals surface area contributed by atoms with Crippen LogP contribution in [0.1, 0.15) is 12.8 Å². The van der Waals surface area contributed by atoms with Gasteiger partial charge in [0.05, 0.1) is 0 Å².